The highest BCUT2D eigenvalue weighted by Gasteiger charge is 2.08. The van der Waals surface area contributed by atoms with E-state index in [2.05, 4.69) is 31.0 Å². The van der Waals surface area contributed by atoms with Crippen LogP contribution in [0.3, 0.4) is 0 Å². The van der Waals surface area contributed by atoms with E-state index in [0.717, 1.165) is 19.7 Å². The maximum atomic E-state index is 5.39. The number of morpholine rings is 1. The van der Waals surface area contributed by atoms with Crippen molar-refractivity contribution >= 4 is 0 Å². The van der Waals surface area contributed by atoms with Gasteiger partial charge in [0, 0.05) is 19.0 Å². The minimum Gasteiger partial charge on any atom is -0.363 e. The molecule has 0 radical (unpaired) electrons. The van der Waals surface area contributed by atoms with Crippen LogP contribution in [0.4, 0.5) is 0 Å². The number of hydrogen-bond acceptors (Lipinski definition) is 2. The van der Waals surface area contributed by atoms with Crippen LogP contribution in [0.5, 0.6) is 0 Å². The Bertz CT molecular complexity index is 160. The highest BCUT2D eigenvalue weighted by molar-refractivity contribution is 5.08. The molecule has 2 nitrogen and oxygen atoms in total. The predicted molar refractivity (Wildman–Crippen MR) is 45.2 cm³/mol. The standard InChI is InChI=1S/C9H15NO/c1-8(2)3-4-9-7-10-5-6-11-9/h8-10H,5-7H2,1-2H3. The van der Waals surface area contributed by atoms with E-state index >= 15 is 0 Å². The van der Waals surface area contributed by atoms with Crippen LogP contribution < -0.4 is 5.32 Å². The SMILES string of the molecule is CC(C)C#CC1CNCCO1. The van der Waals surface area contributed by atoms with Crippen molar-refractivity contribution in [1.29, 1.82) is 0 Å². The molecular weight excluding hydrogens is 138 g/mol. The molecule has 0 bridgehead atoms. The fourth-order valence-corrected chi connectivity index (χ4v) is 0.918. The van der Waals surface area contributed by atoms with Crippen LogP contribution in [-0.4, -0.2) is 25.8 Å². The van der Waals surface area contributed by atoms with Gasteiger partial charge in [-0.25, -0.2) is 0 Å². The van der Waals surface area contributed by atoms with Gasteiger partial charge in [-0.1, -0.05) is 25.7 Å². The highest BCUT2D eigenvalue weighted by atomic mass is 16.5. The Kier molecular flexibility index (Phi) is 3.41. The summed E-state index contributed by atoms with van der Waals surface area (Å²) in [6.45, 7) is 6.80. The van der Waals surface area contributed by atoms with Gasteiger partial charge in [0.1, 0.15) is 6.10 Å². The van der Waals surface area contributed by atoms with E-state index in [-0.39, 0.29) is 6.10 Å². The Morgan fingerprint density at radius 1 is 1.55 bits per heavy atom. The molecule has 1 heterocycles. The third-order valence-electron chi connectivity index (χ3n) is 1.46. The number of hydrogen-bond donors (Lipinski definition) is 1. The van der Waals surface area contributed by atoms with E-state index in [1.807, 2.05) is 0 Å². The molecule has 0 aromatic carbocycles. The zero-order valence-electron chi connectivity index (χ0n) is 7.18. The highest BCUT2D eigenvalue weighted by Crippen LogP contribution is 1.95. The largest absolute Gasteiger partial charge is 0.363 e. The van der Waals surface area contributed by atoms with Gasteiger partial charge in [0.2, 0.25) is 0 Å². The van der Waals surface area contributed by atoms with E-state index in [0.29, 0.717) is 5.92 Å². The van der Waals surface area contributed by atoms with Crippen LogP contribution in [-0.2, 0) is 4.74 Å². The minimum atomic E-state index is 0.117. The van der Waals surface area contributed by atoms with Gasteiger partial charge in [-0.2, -0.15) is 0 Å². The summed E-state index contributed by atoms with van der Waals surface area (Å²) < 4.78 is 5.39. The second-order valence-electron chi connectivity index (χ2n) is 3.01. The summed E-state index contributed by atoms with van der Waals surface area (Å²) in [5, 5.41) is 3.23. The van der Waals surface area contributed by atoms with Crippen molar-refractivity contribution in [2.75, 3.05) is 19.7 Å². The van der Waals surface area contributed by atoms with Crippen molar-refractivity contribution in [2.45, 2.75) is 20.0 Å². The van der Waals surface area contributed by atoms with Crippen molar-refractivity contribution in [3.05, 3.63) is 0 Å². The first kappa shape index (κ1) is 8.58. The zero-order valence-corrected chi connectivity index (χ0v) is 7.18. The molecule has 1 N–H and O–H groups in total. The van der Waals surface area contributed by atoms with Crippen LogP contribution in [0.15, 0.2) is 0 Å². The van der Waals surface area contributed by atoms with Crippen molar-refractivity contribution in [2.24, 2.45) is 5.92 Å². The predicted octanol–water partition coefficient (Wildman–Crippen LogP) is 0.634. The third-order valence-corrected chi connectivity index (χ3v) is 1.46. The average molecular weight is 153 g/mol. The molecule has 0 spiro atoms. The Morgan fingerprint density at radius 2 is 2.36 bits per heavy atom. The lowest BCUT2D eigenvalue weighted by atomic mass is 10.2. The van der Waals surface area contributed by atoms with Crippen LogP contribution in [0.1, 0.15) is 13.8 Å². The van der Waals surface area contributed by atoms with Crippen LogP contribution >= 0.6 is 0 Å². The zero-order chi connectivity index (χ0) is 8.10. The lowest BCUT2D eigenvalue weighted by Crippen LogP contribution is -2.37. The van der Waals surface area contributed by atoms with E-state index < -0.39 is 0 Å². The second-order valence-corrected chi connectivity index (χ2v) is 3.01. The summed E-state index contributed by atoms with van der Waals surface area (Å²) in [5.41, 5.74) is 0. The smallest absolute Gasteiger partial charge is 0.130 e. The van der Waals surface area contributed by atoms with Crippen LogP contribution in [0.25, 0.3) is 0 Å². The molecule has 1 rings (SSSR count). The Balaban J connectivity index is 2.31. The molecule has 11 heavy (non-hydrogen) atoms. The first-order valence-electron chi connectivity index (χ1n) is 4.12. The molecule has 0 saturated carbocycles. The van der Waals surface area contributed by atoms with Crippen molar-refractivity contribution < 1.29 is 4.74 Å². The third kappa shape index (κ3) is 3.41. The summed E-state index contributed by atoms with van der Waals surface area (Å²) >= 11 is 0. The van der Waals surface area contributed by atoms with E-state index in [1.165, 1.54) is 0 Å². The van der Waals surface area contributed by atoms with Gasteiger partial charge in [-0.05, 0) is 0 Å². The quantitative estimate of drug-likeness (QED) is 0.515. The lowest BCUT2D eigenvalue weighted by molar-refractivity contribution is 0.0650. The van der Waals surface area contributed by atoms with E-state index in [4.69, 9.17) is 4.74 Å². The van der Waals surface area contributed by atoms with Crippen molar-refractivity contribution in [3.8, 4) is 11.8 Å². The lowest BCUT2D eigenvalue weighted by Gasteiger charge is -2.18. The molecule has 0 amide bonds. The molecule has 0 aromatic heterocycles. The summed E-state index contributed by atoms with van der Waals surface area (Å²) in [6, 6.07) is 0. The van der Waals surface area contributed by atoms with E-state index in [1.54, 1.807) is 0 Å². The Morgan fingerprint density at radius 3 is 2.91 bits per heavy atom. The number of ether oxygens (including phenoxy) is 1. The Labute approximate surface area is 68.3 Å². The normalized spacial score (nSPS) is 24.5. The molecule has 2 heteroatoms. The summed E-state index contributed by atoms with van der Waals surface area (Å²) in [4.78, 5) is 0. The molecular formula is C9H15NO. The van der Waals surface area contributed by atoms with Gasteiger partial charge < -0.3 is 10.1 Å². The molecule has 1 aliphatic heterocycles. The van der Waals surface area contributed by atoms with E-state index in [9.17, 15) is 0 Å². The second kappa shape index (κ2) is 4.38. The van der Waals surface area contributed by atoms with Gasteiger partial charge in [0.15, 0.2) is 0 Å². The molecule has 1 aliphatic rings. The van der Waals surface area contributed by atoms with Gasteiger partial charge >= 0.3 is 0 Å². The first-order chi connectivity index (χ1) is 5.29. The van der Waals surface area contributed by atoms with Crippen molar-refractivity contribution in [3.63, 3.8) is 0 Å². The number of nitrogens with one attached hydrogen (secondary N) is 1. The number of rotatable bonds is 0. The summed E-state index contributed by atoms with van der Waals surface area (Å²) in [7, 11) is 0. The minimum absolute atomic E-state index is 0.117. The van der Waals surface area contributed by atoms with Crippen LogP contribution in [0, 0.1) is 17.8 Å². The molecule has 1 atom stereocenters. The van der Waals surface area contributed by atoms with Gasteiger partial charge in [0.05, 0.1) is 6.61 Å². The fraction of sp³-hybridized carbons (Fsp3) is 0.778. The summed E-state index contributed by atoms with van der Waals surface area (Å²) in [5.74, 6) is 6.63. The van der Waals surface area contributed by atoms with Gasteiger partial charge in [-0.15, -0.1) is 0 Å². The molecule has 62 valence electrons. The maximum absolute atomic E-state index is 5.39. The average Bonchev–Trinajstić information content (AvgIpc) is 2.03. The molecule has 1 unspecified atom stereocenters. The molecule has 1 saturated heterocycles. The summed E-state index contributed by atoms with van der Waals surface area (Å²) in [6.07, 6.45) is 0.117. The maximum Gasteiger partial charge on any atom is 0.130 e. The van der Waals surface area contributed by atoms with Crippen LogP contribution in [0.2, 0.25) is 0 Å². The fourth-order valence-electron chi connectivity index (χ4n) is 0.918. The molecule has 0 aromatic rings. The monoisotopic (exact) mass is 153 g/mol. The Hall–Kier alpha value is -0.520. The molecule has 0 aliphatic carbocycles. The first-order valence-corrected chi connectivity index (χ1v) is 4.12. The van der Waals surface area contributed by atoms with Crippen molar-refractivity contribution in [1.82, 2.24) is 5.32 Å². The topological polar surface area (TPSA) is 21.3 Å². The van der Waals surface area contributed by atoms with Gasteiger partial charge in [-0.3, -0.25) is 0 Å². The molecule has 1 fully saturated rings. The van der Waals surface area contributed by atoms with Gasteiger partial charge in [0.25, 0.3) is 0 Å².